The number of benzene rings is 1. The molecule has 0 spiro atoms. The lowest BCUT2D eigenvalue weighted by Crippen LogP contribution is -2.33. The Morgan fingerprint density at radius 1 is 1.58 bits per heavy atom. The number of amides is 1. The predicted molar refractivity (Wildman–Crippen MR) is 66.5 cm³/mol. The standard InChI is InChI=1S/C11H12ClFN2O4/c1-11(2,19-10(14)16)5-6-3-7(12)8(13)4-9(6)15(17)18/h3-4H,5H2,1-2H3,(H2,14,16). The Morgan fingerprint density at radius 3 is 2.63 bits per heavy atom. The summed E-state index contributed by atoms with van der Waals surface area (Å²) in [5.74, 6) is -0.884. The minimum Gasteiger partial charge on any atom is -0.443 e. The summed E-state index contributed by atoms with van der Waals surface area (Å²) in [6, 6.07) is 1.87. The molecule has 19 heavy (non-hydrogen) atoms. The third-order valence-corrected chi connectivity index (χ3v) is 2.60. The molecule has 0 aromatic heterocycles. The van der Waals surface area contributed by atoms with Gasteiger partial charge in [-0.05, 0) is 19.9 Å². The molecule has 1 aromatic carbocycles. The Morgan fingerprint density at radius 2 is 2.16 bits per heavy atom. The number of nitro groups is 1. The fourth-order valence-electron chi connectivity index (χ4n) is 1.66. The molecule has 0 aliphatic heterocycles. The topological polar surface area (TPSA) is 95.5 Å². The first-order valence-corrected chi connectivity index (χ1v) is 5.61. The van der Waals surface area contributed by atoms with Crippen molar-refractivity contribution in [2.75, 3.05) is 0 Å². The van der Waals surface area contributed by atoms with Gasteiger partial charge in [0, 0.05) is 12.0 Å². The molecule has 0 saturated carbocycles. The molecule has 8 heteroatoms. The first-order chi connectivity index (χ1) is 8.62. The molecule has 104 valence electrons. The summed E-state index contributed by atoms with van der Waals surface area (Å²) in [4.78, 5) is 20.9. The number of nitrogens with zero attached hydrogens (tertiary/aromatic N) is 1. The summed E-state index contributed by atoms with van der Waals surface area (Å²) in [5, 5.41) is 10.6. The molecule has 0 atom stereocenters. The Kier molecular flexibility index (Phi) is 4.31. The summed E-state index contributed by atoms with van der Waals surface area (Å²) < 4.78 is 18.0. The predicted octanol–water partition coefficient (Wildman–Crippen LogP) is 2.80. The number of carbonyl (C=O) groups excluding carboxylic acids is 1. The van der Waals surface area contributed by atoms with Crippen LogP contribution in [0.25, 0.3) is 0 Å². The molecule has 0 aliphatic carbocycles. The first-order valence-electron chi connectivity index (χ1n) is 5.23. The molecule has 0 aliphatic rings. The average Bonchev–Trinajstić information content (AvgIpc) is 2.19. The van der Waals surface area contributed by atoms with E-state index in [4.69, 9.17) is 22.1 Å². The SMILES string of the molecule is CC(C)(Cc1cc(Cl)c(F)cc1[N+](=O)[O-])OC(N)=O. The molecular weight excluding hydrogens is 279 g/mol. The maximum atomic E-state index is 13.2. The van der Waals surface area contributed by atoms with Gasteiger partial charge in [0.1, 0.15) is 11.4 Å². The molecule has 0 radical (unpaired) electrons. The highest BCUT2D eigenvalue weighted by atomic mass is 35.5. The second-order valence-electron chi connectivity index (χ2n) is 4.51. The smallest absolute Gasteiger partial charge is 0.405 e. The quantitative estimate of drug-likeness (QED) is 0.681. The van der Waals surface area contributed by atoms with Crippen molar-refractivity contribution in [1.29, 1.82) is 0 Å². The van der Waals surface area contributed by atoms with Gasteiger partial charge in [-0.3, -0.25) is 10.1 Å². The van der Waals surface area contributed by atoms with Crippen molar-refractivity contribution < 1.29 is 18.8 Å². The number of carbonyl (C=O) groups is 1. The highest BCUT2D eigenvalue weighted by molar-refractivity contribution is 6.30. The Hall–Kier alpha value is -1.89. The van der Waals surface area contributed by atoms with E-state index in [2.05, 4.69) is 0 Å². The van der Waals surface area contributed by atoms with Gasteiger partial charge in [-0.25, -0.2) is 9.18 Å². The minimum atomic E-state index is -1.07. The number of ether oxygens (including phenoxy) is 1. The van der Waals surface area contributed by atoms with Crippen LogP contribution in [0.2, 0.25) is 5.02 Å². The second-order valence-corrected chi connectivity index (χ2v) is 4.92. The van der Waals surface area contributed by atoms with Crippen LogP contribution in [0.15, 0.2) is 12.1 Å². The van der Waals surface area contributed by atoms with Gasteiger partial charge in [-0.1, -0.05) is 11.6 Å². The van der Waals surface area contributed by atoms with Gasteiger partial charge in [-0.2, -0.15) is 0 Å². The second kappa shape index (κ2) is 5.40. The molecule has 1 amide bonds. The van der Waals surface area contributed by atoms with Crippen LogP contribution in [-0.2, 0) is 11.2 Å². The van der Waals surface area contributed by atoms with E-state index in [1.165, 1.54) is 13.8 Å². The van der Waals surface area contributed by atoms with Crippen molar-refractivity contribution in [3.8, 4) is 0 Å². The largest absolute Gasteiger partial charge is 0.443 e. The molecule has 0 fully saturated rings. The van der Waals surface area contributed by atoms with Gasteiger partial charge in [-0.15, -0.1) is 0 Å². The summed E-state index contributed by atoms with van der Waals surface area (Å²) in [5.41, 5.74) is 3.56. The van der Waals surface area contributed by atoms with E-state index in [-0.39, 0.29) is 17.0 Å². The number of nitrogens with two attached hydrogens (primary N) is 1. The van der Waals surface area contributed by atoms with Gasteiger partial charge in [0.25, 0.3) is 5.69 Å². The van der Waals surface area contributed by atoms with E-state index in [0.717, 1.165) is 12.1 Å². The maximum Gasteiger partial charge on any atom is 0.405 e. The highest BCUT2D eigenvalue weighted by Gasteiger charge is 2.28. The van der Waals surface area contributed by atoms with E-state index in [9.17, 15) is 19.3 Å². The summed E-state index contributed by atoms with van der Waals surface area (Å²) >= 11 is 5.60. The lowest BCUT2D eigenvalue weighted by Gasteiger charge is -2.23. The average molecular weight is 291 g/mol. The van der Waals surface area contributed by atoms with Crippen molar-refractivity contribution in [1.82, 2.24) is 0 Å². The van der Waals surface area contributed by atoms with Gasteiger partial charge < -0.3 is 10.5 Å². The number of nitro benzene ring substituents is 1. The third-order valence-electron chi connectivity index (χ3n) is 2.31. The van der Waals surface area contributed by atoms with E-state index in [1.807, 2.05) is 0 Å². The summed E-state index contributed by atoms with van der Waals surface area (Å²) in [6.45, 7) is 3.05. The van der Waals surface area contributed by atoms with Crippen LogP contribution in [0, 0.1) is 15.9 Å². The molecule has 0 unspecified atom stereocenters. The van der Waals surface area contributed by atoms with Crippen LogP contribution in [-0.4, -0.2) is 16.6 Å². The van der Waals surface area contributed by atoms with Gasteiger partial charge in [0.2, 0.25) is 0 Å². The lowest BCUT2D eigenvalue weighted by atomic mass is 9.97. The Balaban J connectivity index is 3.16. The van der Waals surface area contributed by atoms with Crippen molar-refractivity contribution in [2.45, 2.75) is 25.9 Å². The first kappa shape index (κ1) is 15.2. The molecule has 0 bridgehead atoms. The normalized spacial score (nSPS) is 11.2. The van der Waals surface area contributed by atoms with Gasteiger partial charge in [0.15, 0.2) is 0 Å². The number of primary amides is 1. The number of rotatable bonds is 4. The van der Waals surface area contributed by atoms with Crippen molar-refractivity contribution >= 4 is 23.4 Å². The lowest BCUT2D eigenvalue weighted by molar-refractivity contribution is -0.385. The summed E-state index contributed by atoms with van der Waals surface area (Å²) in [7, 11) is 0. The molecule has 6 nitrogen and oxygen atoms in total. The van der Waals surface area contributed by atoms with Gasteiger partial charge in [0.05, 0.1) is 16.0 Å². The Bertz CT molecular complexity index is 534. The molecule has 0 heterocycles. The van der Waals surface area contributed by atoms with Crippen molar-refractivity contribution in [2.24, 2.45) is 5.73 Å². The molecular formula is C11H12ClFN2O4. The van der Waals surface area contributed by atoms with Crippen molar-refractivity contribution in [3.05, 3.63) is 38.7 Å². The zero-order chi connectivity index (χ0) is 14.8. The minimum absolute atomic E-state index is 0.0216. The molecule has 1 aromatic rings. The monoisotopic (exact) mass is 290 g/mol. The maximum absolute atomic E-state index is 13.2. The number of hydrogen-bond acceptors (Lipinski definition) is 4. The van der Waals surface area contributed by atoms with E-state index >= 15 is 0 Å². The van der Waals surface area contributed by atoms with Crippen LogP contribution in [0.5, 0.6) is 0 Å². The van der Waals surface area contributed by atoms with E-state index in [0.29, 0.717) is 0 Å². The van der Waals surface area contributed by atoms with Crippen LogP contribution >= 0.6 is 11.6 Å². The zero-order valence-corrected chi connectivity index (χ0v) is 11.0. The Labute approximate surface area is 113 Å². The number of halogens is 2. The molecule has 2 N–H and O–H groups in total. The van der Waals surface area contributed by atoms with Crippen LogP contribution in [0.4, 0.5) is 14.9 Å². The third kappa shape index (κ3) is 4.06. The fraction of sp³-hybridized carbons (Fsp3) is 0.364. The molecule has 1 rings (SSSR count). The van der Waals surface area contributed by atoms with Crippen molar-refractivity contribution in [3.63, 3.8) is 0 Å². The molecule has 0 saturated heterocycles. The zero-order valence-electron chi connectivity index (χ0n) is 10.3. The number of hydrogen-bond donors (Lipinski definition) is 1. The van der Waals surface area contributed by atoms with Crippen LogP contribution in [0.3, 0.4) is 0 Å². The van der Waals surface area contributed by atoms with E-state index in [1.54, 1.807) is 0 Å². The summed E-state index contributed by atoms with van der Waals surface area (Å²) in [6.07, 6.45) is -1.02. The fourth-order valence-corrected chi connectivity index (χ4v) is 1.84. The van der Waals surface area contributed by atoms with Crippen LogP contribution < -0.4 is 5.73 Å². The van der Waals surface area contributed by atoms with E-state index < -0.39 is 28.1 Å². The van der Waals surface area contributed by atoms with Crippen LogP contribution in [0.1, 0.15) is 19.4 Å². The van der Waals surface area contributed by atoms with Gasteiger partial charge >= 0.3 is 6.09 Å². The highest BCUT2D eigenvalue weighted by Crippen LogP contribution is 2.29.